The molecule has 0 amide bonds. The second kappa shape index (κ2) is 6.12. The Balaban J connectivity index is 1.82. The van der Waals surface area contributed by atoms with Crippen LogP contribution >= 0.6 is 11.8 Å². The van der Waals surface area contributed by atoms with Crippen LogP contribution in [0.25, 0.3) is 0 Å². The van der Waals surface area contributed by atoms with Gasteiger partial charge in [0.05, 0.1) is 7.11 Å². The number of fused-ring (bicyclic) bond motifs is 1. The van der Waals surface area contributed by atoms with Crippen LogP contribution in [0.15, 0.2) is 47.4 Å². The number of aryl methyl sites for hydroxylation is 2. The molecule has 21 heavy (non-hydrogen) atoms. The first-order valence-electron chi connectivity index (χ1n) is 7.33. The summed E-state index contributed by atoms with van der Waals surface area (Å²) in [5.41, 5.74) is 10.5. The molecule has 0 heterocycles. The molecule has 2 N–H and O–H groups in total. The minimum atomic E-state index is 0.0873. The summed E-state index contributed by atoms with van der Waals surface area (Å²) in [5.74, 6) is 0.922. The Hall–Kier alpha value is -1.45. The fourth-order valence-corrected chi connectivity index (χ4v) is 4.18. The average molecular weight is 299 g/mol. The van der Waals surface area contributed by atoms with E-state index in [-0.39, 0.29) is 6.04 Å². The lowest BCUT2D eigenvalue weighted by Gasteiger charge is -2.31. The maximum Gasteiger partial charge on any atom is 0.119 e. The summed E-state index contributed by atoms with van der Waals surface area (Å²) in [5, 5.41) is 0.437. The van der Waals surface area contributed by atoms with Crippen LogP contribution in [0.4, 0.5) is 0 Å². The first kappa shape index (κ1) is 14.5. The Morgan fingerprint density at radius 2 is 2.00 bits per heavy atom. The predicted octanol–water partition coefficient (Wildman–Crippen LogP) is 4.11. The molecular weight excluding hydrogens is 278 g/mol. The number of rotatable bonds is 3. The van der Waals surface area contributed by atoms with Crippen molar-refractivity contribution in [3.05, 3.63) is 59.2 Å². The fourth-order valence-electron chi connectivity index (χ4n) is 2.91. The van der Waals surface area contributed by atoms with E-state index < -0.39 is 0 Å². The number of nitrogens with two attached hydrogens (primary N) is 1. The van der Waals surface area contributed by atoms with Gasteiger partial charge in [-0.3, -0.25) is 0 Å². The molecule has 1 aliphatic carbocycles. The summed E-state index contributed by atoms with van der Waals surface area (Å²) in [7, 11) is 1.71. The van der Waals surface area contributed by atoms with Gasteiger partial charge in [-0.2, -0.15) is 0 Å². The van der Waals surface area contributed by atoms with Gasteiger partial charge >= 0.3 is 0 Å². The summed E-state index contributed by atoms with van der Waals surface area (Å²) >= 11 is 1.92. The van der Waals surface area contributed by atoms with E-state index in [1.807, 2.05) is 17.8 Å². The highest BCUT2D eigenvalue weighted by molar-refractivity contribution is 8.00. The van der Waals surface area contributed by atoms with Crippen LogP contribution in [-0.4, -0.2) is 12.4 Å². The number of methoxy groups -OCH3 is 1. The summed E-state index contributed by atoms with van der Waals surface area (Å²) in [6.45, 7) is 2.16. The van der Waals surface area contributed by atoms with Crippen LogP contribution in [0.3, 0.4) is 0 Å². The maximum atomic E-state index is 6.52. The van der Waals surface area contributed by atoms with Crippen molar-refractivity contribution in [3.63, 3.8) is 0 Å². The molecule has 0 radical (unpaired) electrons. The van der Waals surface area contributed by atoms with Crippen molar-refractivity contribution < 1.29 is 4.74 Å². The molecule has 0 saturated carbocycles. The SMILES string of the molecule is COc1ccc2c(c1)CCC(Sc1ccccc1C)C2N. The van der Waals surface area contributed by atoms with Crippen LogP contribution < -0.4 is 10.5 Å². The Morgan fingerprint density at radius 1 is 1.19 bits per heavy atom. The van der Waals surface area contributed by atoms with E-state index in [0.717, 1.165) is 18.6 Å². The molecule has 0 bridgehead atoms. The Bertz CT molecular complexity index is 641. The zero-order chi connectivity index (χ0) is 14.8. The molecule has 1 aliphatic rings. The van der Waals surface area contributed by atoms with Crippen molar-refractivity contribution in [3.8, 4) is 5.75 Å². The summed E-state index contributed by atoms with van der Waals surface area (Å²) in [6.07, 6.45) is 2.18. The monoisotopic (exact) mass is 299 g/mol. The molecule has 0 aromatic heterocycles. The minimum Gasteiger partial charge on any atom is -0.497 e. The fraction of sp³-hybridized carbons (Fsp3) is 0.333. The van der Waals surface area contributed by atoms with Gasteiger partial charge in [0, 0.05) is 16.2 Å². The van der Waals surface area contributed by atoms with Crippen molar-refractivity contribution in [1.82, 2.24) is 0 Å². The second-order valence-corrected chi connectivity index (χ2v) is 6.83. The van der Waals surface area contributed by atoms with E-state index in [1.54, 1.807) is 7.11 Å². The molecule has 2 unspecified atom stereocenters. The largest absolute Gasteiger partial charge is 0.497 e. The molecular formula is C18H21NOS. The number of thioether (sulfide) groups is 1. The third-order valence-corrected chi connectivity index (χ3v) is 5.72. The van der Waals surface area contributed by atoms with Crippen LogP contribution in [-0.2, 0) is 6.42 Å². The molecule has 0 spiro atoms. The van der Waals surface area contributed by atoms with Gasteiger partial charge in [-0.1, -0.05) is 24.3 Å². The molecule has 2 atom stereocenters. The maximum absolute atomic E-state index is 6.52. The number of ether oxygens (including phenoxy) is 1. The van der Waals surface area contributed by atoms with Gasteiger partial charge in [-0.25, -0.2) is 0 Å². The first-order chi connectivity index (χ1) is 10.2. The number of benzene rings is 2. The third kappa shape index (κ3) is 2.94. The van der Waals surface area contributed by atoms with Crippen LogP contribution in [0.2, 0.25) is 0 Å². The molecule has 110 valence electrons. The Labute approximate surface area is 130 Å². The van der Waals surface area contributed by atoms with Gasteiger partial charge < -0.3 is 10.5 Å². The molecule has 2 aromatic carbocycles. The highest BCUT2D eigenvalue weighted by Crippen LogP contribution is 2.40. The van der Waals surface area contributed by atoms with Gasteiger partial charge in [0.1, 0.15) is 5.75 Å². The van der Waals surface area contributed by atoms with E-state index in [0.29, 0.717) is 5.25 Å². The predicted molar refractivity (Wildman–Crippen MR) is 89.1 cm³/mol. The molecule has 3 rings (SSSR count). The standard InChI is InChI=1S/C18H21NOS/c1-12-5-3-4-6-16(12)21-17-10-7-13-11-14(20-2)8-9-15(13)18(17)19/h3-6,8-9,11,17-18H,7,10,19H2,1-2H3. The van der Waals surface area contributed by atoms with E-state index in [2.05, 4.69) is 43.3 Å². The zero-order valence-corrected chi connectivity index (χ0v) is 13.3. The number of hydrogen-bond acceptors (Lipinski definition) is 3. The summed E-state index contributed by atoms with van der Waals surface area (Å²) in [6, 6.07) is 14.9. The van der Waals surface area contributed by atoms with Crippen LogP contribution in [0, 0.1) is 6.92 Å². The molecule has 0 aliphatic heterocycles. The quantitative estimate of drug-likeness (QED) is 0.926. The van der Waals surface area contributed by atoms with E-state index in [4.69, 9.17) is 10.5 Å². The molecule has 3 heteroatoms. The van der Waals surface area contributed by atoms with Crippen molar-refractivity contribution in [1.29, 1.82) is 0 Å². The summed E-state index contributed by atoms with van der Waals surface area (Å²) in [4.78, 5) is 1.34. The number of hydrogen-bond donors (Lipinski definition) is 1. The first-order valence-corrected chi connectivity index (χ1v) is 8.21. The Kier molecular flexibility index (Phi) is 4.22. The van der Waals surface area contributed by atoms with Gasteiger partial charge in [0.2, 0.25) is 0 Å². The van der Waals surface area contributed by atoms with E-state index in [9.17, 15) is 0 Å². The third-order valence-electron chi connectivity index (χ3n) is 4.18. The lowest BCUT2D eigenvalue weighted by atomic mass is 9.87. The highest BCUT2D eigenvalue weighted by Gasteiger charge is 2.28. The zero-order valence-electron chi connectivity index (χ0n) is 12.5. The van der Waals surface area contributed by atoms with Gasteiger partial charge in [-0.15, -0.1) is 11.8 Å². The Morgan fingerprint density at radius 3 is 2.76 bits per heavy atom. The van der Waals surface area contributed by atoms with E-state index >= 15 is 0 Å². The van der Waals surface area contributed by atoms with Gasteiger partial charge in [0.15, 0.2) is 0 Å². The molecule has 2 aromatic rings. The van der Waals surface area contributed by atoms with Crippen molar-refractivity contribution >= 4 is 11.8 Å². The second-order valence-electron chi connectivity index (χ2n) is 5.55. The topological polar surface area (TPSA) is 35.2 Å². The molecule has 2 nitrogen and oxygen atoms in total. The lowest BCUT2D eigenvalue weighted by molar-refractivity contribution is 0.413. The minimum absolute atomic E-state index is 0.0873. The van der Waals surface area contributed by atoms with Crippen LogP contribution in [0.1, 0.15) is 29.2 Å². The van der Waals surface area contributed by atoms with Crippen molar-refractivity contribution in [2.75, 3.05) is 7.11 Å². The van der Waals surface area contributed by atoms with Crippen molar-refractivity contribution in [2.24, 2.45) is 5.73 Å². The van der Waals surface area contributed by atoms with Gasteiger partial charge in [0.25, 0.3) is 0 Å². The smallest absolute Gasteiger partial charge is 0.119 e. The summed E-state index contributed by atoms with van der Waals surface area (Å²) < 4.78 is 5.31. The average Bonchev–Trinajstić information content (AvgIpc) is 2.51. The molecule has 0 saturated heterocycles. The lowest BCUT2D eigenvalue weighted by Crippen LogP contribution is -2.29. The van der Waals surface area contributed by atoms with Gasteiger partial charge in [-0.05, 0) is 54.7 Å². The molecule has 0 fully saturated rings. The van der Waals surface area contributed by atoms with Crippen molar-refractivity contribution in [2.45, 2.75) is 36.0 Å². The van der Waals surface area contributed by atoms with E-state index in [1.165, 1.54) is 21.6 Å². The highest BCUT2D eigenvalue weighted by atomic mass is 32.2. The normalized spacial score (nSPS) is 20.9. The van der Waals surface area contributed by atoms with Crippen LogP contribution in [0.5, 0.6) is 5.75 Å².